The molecule has 0 saturated carbocycles. The minimum atomic E-state index is -0.203. The summed E-state index contributed by atoms with van der Waals surface area (Å²) in [6, 6.07) is 4.28. The number of rotatable bonds is 7. The van der Waals surface area contributed by atoms with Gasteiger partial charge < -0.3 is 14.6 Å². The van der Waals surface area contributed by atoms with Crippen LogP contribution < -0.4 is 9.47 Å². The third-order valence-corrected chi connectivity index (χ3v) is 4.68. The zero-order valence-corrected chi connectivity index (χ0v) is 16.2. The summed E-state index contributed by atoms with van der Waals surface area (Å²) in [6.45, 7) is 13.7. The van der Waals surface area contributed by atoms with E-state index in [4.69, 9.17) is 9.47 Å². The van der Waals surface area contributed by atoms with Crippen LogP contribution in [0, 0.1) is 5.41 Å². The zero-order chi connectivity index (χ0) is 18.4. The van der Waals surface area contributed by atoms with Gasteiger partial charge in [0.2, 0.25) is 0 Å². The molecular weight excluding hydrogens is 314 g/mol. The van der Waals surface area contributed by atoms with E-state index in [-0.39, 0.29) is 11.5 Å². The molecule has 0 spiro atoms. The summed E-state index contributed by atoms with van der Waals surface area (Å²) in [4.78, 5) is 2.44. The summed E-state index contributed by atoms with van der Waals surface area (Å²) in [5.74, 6) is 1.60. The minimum Gasteiger partial charge on any atom is -0.493 e. The van der Waals surface area contributed by atoms with Crippen LogP contribution in [0.1, 0.15) is 44.7 Å². The molecular formula is C21H33NO3. The van der Waals surface area contributed by atoms with E-state index in [1.54, 1.807) is 7.11 Å². The first kappa shape index (κ1) is 19.8. The topological polar surface area (TPSA) is 41.9 Å². The molecule has 1 aromatic rings. The van der Waals surface area contributed by atoms with Crippen molar-refractivity contribution in [2.24, 2.45) is 5.41 Å². The monoisotopic (exact) mass is 347 g/mol. The SMILES string of the molecule is C=CCc1cc(CN2CCC(O)CC(C)(C)C2)cc(OCC)c1OC. The standard InChI is InChI=1S/C21H33NO3/c1-6-8-17-11-16(12-19(25-7-2)20(17)24-5)14-22-10-9-18(23)13-21(3,4)15-22/h6,11-12,18,23H,1,7-10,13-15H2,2-5H3. The van der Waals surface area contributed by atoms with Gasteiger partial charge in [-0.15, -0.1) is 6.58 Å². The molecule has 1 aromatic carbocycles. The largest absolute Gasteiger partial charge is 0.493 e. The van der Waals surface area contributed by atoms with Crippen LogP contribution in [-0.4, -0.2) is 42.9 Å². The maximum absolute atomic E-state index is 10.1. The lowest BCUT2D eigenvalue weighted by molar-refractivity contribution is 0.121. The van der Waals surface area contributed by atoms with Crippen LogP contribution in [-0.2, 0) is 13.0 Å². The highest BCUT2D eigenvalue weighted by Crippen LogP contribution is 2.35. The average Bonchev–Trinajstić information content (AvgIpc) is 2.65. The normalized spacial score (nSPS) is 20.8. The molecule has 1 fully saturated rings. The summed E-state index contributed by atoms with van der Waals surface area (Å²) in [7, 11) is 1.68. The van der Waals surface area contributed by atoms with Crippen molar-refractivity contribution in [1.82, 2.24) is 4.90 Å². The van der Waals surface area contributed by atoms with Crippen molar-refractivity contribution in [3.63, 3.8) is 0 Å². The molecule has 140 valence electrons. The summed E-state index contributed by atoms with van der Waals surface area (Å²) in [6.07, 6.45) is 4.13. The Morgan fingerprint density at radius 2 is 2.16 bits per heavy atom. The third-order valence-electron chi connectivity index (χ3n) is 4.68. The van der Waals surface area contributed by atoms with E-state index in [2.05, 4.69) is 37.5 Å². The smallest absolute Gasteiger partial charge is 0.164 e. The minimum absolute atomic E-state index is 0.120. The Labute approximate surface area is 152 Å². The molecule has 0 aliphatic carbocycles. The lowest BCUT2D eigenvalue weighted by Crippen LogP contribution is -2.32. The molecule has 25 heavy (non-hydrogen) atoms. The van der Waals surface area contributed by atoms with Crippen molar-refractivity contribution in [2.45, 2.75) is 52.7 Å². The van der Waals surface area contributed by atoms with Gasteiger partial charge in [0, 0.05) is 25.2 Å². The molecule has 0 bridgehead atoms. The number of allylic oxidation sites excluding steroid dienone is 1. The van der Waals surface area contributed by atoms with E-state index in [0.717, 1.165) is 56.0 Å². The Morgan fingerprint density at radius 3 is 2.80 bits per heavy atom. The Hall–Kier alpha value is -1.52. The van der Waals surface area contributed by atoms with Gasteiger partial charge in [0.15, 0.2) is 11.5 Å². The van der Waals surface area contributed by atoms with E-state index in [9.17, 15) is 5.11 Å². The highest BCUT2D eigenvalue weighted by Gasteiger charge is 2.29. The molecule has 4 heteroatoms. The molecule has 2 rings (SSSR count). The first-order chi connectivity index (χ1) is 11.9. The van der Waals surface area contributed by atoms with Gasteiger partial charge in [-0.1, -0.05) is 26.0 Å². The molecule has 0 radical (unpaired) electrons. The number of likely N-dealkylation sites (tertiary alicyclic amines) is 1. The quantitative estimate of drug-likeness (QED) is 0.762. The van der Waals surface area contributed by atoms with E-state index in [1.165, 1.54) is 5.56 Å². The Balaban J connectivity index is 2.27. The summed E-state index contributed by atoms with van der Waals surface area (Å²) in [5, 5.41) is 10.1. The number of methoxy groups -OCH3 is 1. The Morgan fingerprint density at radius 1 is 1.40 bits per heavy atom. The van der Waals surface area contributed by atoms with Crippen molar-refractivity contribution < 1.29 is 14.6 Å². The Bertz CT molecular complexity index is 583. The Kier molecular flexibility index (Phi) is 6.91. The van der Waals surface area contributed by atoms with Gasteiger partial charge in [0.1, 0.15) is 0 Å². The number of hydrogen-bond acceptors (Lipinski definition) is 4. The van der Waals surface area contributed by atoms with Gasteiger partial charge in [-0.3, -0.25) is 4.90 Å². The summed E-state index contributed by atoms with van der Waals surface area (Å²) < 4.78 is 11.4. The molecule has 4 nitrogen and oxygen atoms in total. The maximum atomic E-state index is 10.1. The predicted molar refractivity (Wildman–Crippen MR) is 102 cm³/mol. The zero-order valence-electron chi connectivity index (χ0n) is 16.2. The molecule has 1 atom stereocenters. The van der Waals surface area contributed by atoms with Crippen molar-refractivity contribution in [3.8, 4) is 11.5 Å². The lowest BCUT2D eigenvalue weighted by atomic mass is 9.87. The van der Waals surface area contributed by atoms with Gasteiger partial charge in [-0.05, 0) is 43.2 Å². The first-order valence-corrected chi connectivity index (χ1v) is 9.22. The van der Waals surface area contributed by atoms with Crippen molar-refractivity contribution in [3.05, 3.63) is 35.9 Å². The van der Waals surface area contributed by atoms with E-state index < -0.39 is 0 Å². The number of benzene rings is 1. The van der Waals surface area contributed by atoms with Crippen LogP contribution in [0.4, 0.5) is 0 Å². The summed E-state index contributed by atoms with van der Waals surface area (Å²) >= 11 is 0. The average molecular weight is 347 g/mol. The van der Waals surface area contributed by atoms with Crippen molar-refractivity contribution in [1.29, 1.82) is 0 Å². The van der Waals surface area contributed by atoms with Gasteiger partial charge in [-0.2, -0.15) is 0 Å². The third kappa shape index (κ3) is 5.48. The number of ether oxygens (including phenoxy) is 2. The highest BCUT2D eigenvalue weighted by atomic mass is 16.5. The predicted octanol–water partition coefficient (Wildman–Crippen LogP) is 3.81. The van der Waals surface area contributed by atoms with Crippen LogP contribution in [0.2, 0.25) is 0 Å². The van der Waals surface area contributed by atoms with Gasteiger partial charge in [0.05, 0.1) is 19.8 Å². The van der Waals surface area contributed by atoms with Gasteiger partial charge in [-0.25, -0.2) is 0 Å². The van der Waals surface area contributed by atoms with Crippen LogP contribution in [0.15, 0.2) is 24.8 Å². The lowest BCUT2D eigenvalue weighted by Gasteiger charge is -2.30. The van der Waals surface area contributed by atoms with Crippen molar-refractivity contribution in [2.75, 3.05) is 26.8 Å². The van der Waals surface area contributed by atoms with Gasteiger partial charge >= 0.3 is 0 Å². The molecule has 0 aromatic heterocycles. The van der Waals surface area contributed by atoms with Gasteiger partial charge in [0.25, 0.3) is 0 Å². The van der Waals surface area contributed by atoms with Crippen LogP contribution in [0.5, 0.6) is 11.5 Å². The first-order valence-electron chi connectivity index (χ1n) is 9.22. The molecule has 1 aliphatic heterocycles. The van der Waals surface area contributed by atoms with Crippen LogP contribution >= 0.6 is 0 Å². The maximum Gasteiger partial charge on any atom is 0.164 e. The van der Waals surface area contributed by atoms with Crippen LogP contribution in [0.25, 0.3) is 0 Å². The second-order valence-electron chi connectivity index (χ2n) is 7.73. The second-order valence-corrected chi connectivity index (χ2v) is 7.73. The highest BCUT2D eigenvalue weighted by molar-refractivity contribution is 5.50. The fourth-order valence-electron chi connectivity index (χ4n) is 3.83. The summed E-state index contributed by atoms with van der Waals surface area (Å²) in [5.41, 5.74) is 2.44. The molecule has 0 amide bonds. The number of hydrogen-bond donors (Lipinski definition) is 1. The van der Waals surface area contributed by atoms with E-state index >= 15 is 0 Å². The van der Waals surface area contributed by atoms with E-state index in [0.29, 0.717) is 6.61 Å². The molecule has 1 aliphatic rings. The number of aliphatic hydroxyl groups excluding tert-OH is 1. The fraction of sp³-hybridized carbons (Fsp3) is 0.619. The second kappa shape index (κ2) is 8.72. The molecule has 1 saturated heterocycles. The molecule has 1 unspecified atom stereocenters. The fourth-order valence-corrected chi connectivity index (χ4v) is 3.83. The van der Waals surface area contributed by atoms with E-state index in [1.807, 2.05) is 13.0 Å². The number of aliphatic hydroxyl groups is 1. The van der Waals surface area contributed by atoms with Crippen LogP contribution in [0.3, 0.4) is 0 Å². The number of nitrogens with zero attached hydrogens (tertiary/aromatic N) is 1. The molecule has 1 heterocycles. The molecule has 1 N–H and O–H groups in total. The van der Waals surface area contributed by atoms with Crippen molar-refractivity contribution >= 4 is 0 Å².